The molecule has 9 nitrogen and oxygen atoms in total. The molecule has 2 N–H and O–H groups in total. The summed E-state index contributed by atoms with van der Waals surface area (Å²) < 4.78 is 10.9. The average Bonchev–Trinajstić information content (AvgIpc) is 3.28. The summed E-state index contributed by atoms with van der Waals surface area (Å²) in [6.45, 7) is 5.09. The molecule has 2 aromatic carbocycles. The molecule has 0 unspecified atom stereocenters. The van der Waals surface area contributed by atoms with Crippen LogP contribution < -0.4 is 20.3 Å². The Kier molecular flexibility index (Phi) is 9.16. The molecule has 10 heteroatoms. The van der Waals surface area contributed by atoms with Crippen molar-refractivity contribution in [2.45, 2.75) is 12.8 Å². The first-order chi connectivity index (χ1) is 17.5. The van der Waals surface area contributed by atoms with Gasteiger partial charge in [0.15, 0.2) is 6.61 Å². The van der Waals surface area contributed by atoms with E-state index in [-0.39, 0.29) is 36.7 Å². The first kappa shape index (κ1) is 25.9. The lowest BCUT2D eigenvalue weighted by molar-refractivity contribution is -0.126. The van der Waals surface area contributed by atoms with Crippen LogP contribution in [0.15, 0.2) is 48.5 Å². The van der Waals surface area contributed by atoms with Crippen LogP contribution in [0.4, 0.5) is 11.4 Å². The number of benzene rings is 2. The fraction of sp³-hybridized carbons (Fsp3) is 0.423. The lowest BCUT2D eigenvalue weighted by Gasteiger charge is -2.26. The molecular weight excluding hydrogens is 484 g/mol. The zero-order valence-electron chi connectivity index (χ0n) is 20.1. The maximum absolute atomic E-state index is 12.6. The summed E-state index contributed by atoms with van der Waals surface area (Å²) in [6, 6.07) is 13.8. The Bertz CT molecular complexity index is 1060. The van der Waals surface area contributed by atoms with E-state index < -0.39 is 0 Å². The van der Waals surface area contributed by atoms with E-state index in [1.807, 2.05) is 0 Å². The number of carbonyl (C=O) groups is 3. The Morgan fingerprint density at radius 1 is 1.11 bits per heavy atom. The van der Waals surface area contributed by atoms with E-state index in [4.69, 9.17) is 21.1 Å². The van der Waals surface area contributed by atoms with Gasteiger partial charge in [-0.2, -0.15) is 0 Å². The van der Waals surface area contributed by atoms with E-state index in [1.165, 1.54) is 0 Å². The molecule has 3 amide bonds. The zero-order chi connectivity index (χ0) is 25.3. The van der Waals surface area contributed by atoms with Crippen LogP contribution in [0.3, 0.4) is 0 Å². The molecule has 0 spiro atoms. The smallest absolute Gasteiger partial charge is 0.262 e. The molecule has 2 heterocycles. The largest absolute Gasteiger partial charge is 0.484 e. The van der Waals surface area contributed by atoms with Gasteiger partial charge in [-0.05, 0) is 55.4 Å². The van der Waals surface area contributed by atoms with Crippen molar-refractivity contribution in [2.24, 2.45) is 5.92 Å². The van der Waals surface area contributed by atoms with Crippen LogP contribution in [0.25, 0.3) is 0 Å². The summed E-state index contributed by atoms with van der Waals surface area (Å²) in [5.74, 6) is -0.348. The minimum atomic E-state index is -0.369. The minimum Gasteiger partial charge on any atom is -0.484 e. The SMILES string of the molecule is O=C(COc1ccc(N2C[C@@H](C(=O)NCCCN3CCOCC3)CC2=O)cc1)Nc1cccc(Cl)c1. The van der Waals surface area contributed by atoms with Crippen LogP contribution >= 0.6 is 11.6 Å². The molecule has 0 aromatic heterocycles. The average molecular weight is 515 g/mol. The fourth-order valence-corrected chi connectivity index (χ4v) is 4.44. The monoisotopic (exact) mass is 514 g/mol. The first-order valence-corrected chi connectivity index (χ1v) is 12.5. The van der Waals surface area contributed by atoms with Crippen LogP contribution in [0, 0.1) is 5.92 Å². The van der Waals surface area contributed by atoms with E-state index in [1.54, 1.807) is 53.4 Å². The second-order valence-corrected chi connectivity index (χ2v) is 9.28. The molecule has 192 valence electrons. The normalized spacial score (nSPS) is 18.2. The van der Waals surface area contributed by atoms with Crippen LogP contribution in [-0.2, 0) is 19.1 Å². The van der Waals surface area contributed by atoms with E-state index in [2.05, 4.69) is 15.5 Å². The summed E-state index contributed by atoms with van der Waals surface area (Å²) in [5, 5.41) is 6.22. The number of morpholine rings is 1. The standard InChI is InChI=1S/C26H31ClN4O5/c27-20-3-1-4-21(16-20)29-24(32)18-36-23-7-5-22(6-8-23)31-17-19(15-25(31)33)26(34)28-9-2-10-30-11-13-35-14-12-30/h1,3-8,16,19H,2,9-15,17-18H2,(H,28,34)(H,29,32)/t19-/m0/s1. The number of halogens is 1. The van der Waals surface area contributed by atoms with E-state index in [9.17, 15) is 14.4 Å². The number of ether oxygens (including phenoxy) is 2. The van der Waals surface area contributed by atoms with Gasteiger partial charge >= 0.3 is 0 Å². The Hall–Kier alpha value is -3.14. The van der Waals surface area contributed by atoms with Crippen molar-refractivity contribution in [3.05, 3.63) is 53.6 Å². The third-order valence-electron chi connectivity index (χ3n) is 6.18. The van der Waals surface area contributed by atoms with Gasteiger partial charge in [-0.15, -0.1) is 0 Å². The van der Waals surface area contributed by atoms with Crippen LogP contribution in [-0.4, -0.2) is 75.2 Å². The first-order valence-electron chi connectivity index (χ1n) is 12.1. The van der Waals surface area contributed by atoms with Gasteiger partial charge in [-0.3, -0.25) is 19.3 Å². The highest BCUT2D eigenvalue weighted by molar-refractivity contribution is 6.30. The summed E-state index contributed by atoms with van der Waals surface area (Å²) in [7, 11) is 0. The number of rotatable bonds is 10. The van der Waals surface area contributed by atoms with Crippen molar-refractivity contribution in [3.8, 4) is 5.75 Å². The molecule has 0 saturated carbocycles. The zero-order valence-corrected chi connectivity index (χ0v) is 20.8. The van der Waals surface area contributed by atoms with Gasteiger partial charge in [-0.25, -0.2) is 0 Å². The van der Waals surface area contributed by atoms with Crippen LogP contribution in [0.1, 0.15) is 12.8 Å². The number of amides is 3. The number of nitrogens with one attached hydrogen (secondary N) is 2. The lowest BCUT2D eigenvalue weighted by Crippen LogP contribution is -2.39. The van der Waals surface area contributed by atoms with Gasteiger partial charge in [0, 0.05) is 49.0 Å². The molecule has 1 atom stereocenters. The molecule has 4 rings (SSSR count). The third-order valence-corrected chi connectivity index (χ3v) is 6.41. The molecule has 2 aliphatic rings. The van der Waals surface area contributed by atoms with Crippen molar-refractivity contribution in [1.29, 1.82) is 0 Å². The molecule has 0 aliphatic carbocycles. The van der Waals surface area contributed by atoms with Gasteiger partial charge in [0.2, 0.25) is 11.8 Å². The van der Waals surface area contributed by atoms with Crippen molar-refractivity contribution in [3.63, 3.8) is 0 Å². The quantitative estimate of drug-likeness (QED) is 0.473. The highest BCUT2D eigenvalue weighted by Crippen LogP contribution is 2.27. The summed E-state index contributed by atoms with van der Waals surface area (Å²) in [4.78, 5) is 41.2. The summed E-state index contributed by atoms with van der Waals surface area (Å²) >= 11 is 5.92. The van der Waals surface area contributed by atoms with Gasteiger partial charge < -0.3 is 25.0 Å². The molecular formula is C26H31ClN4O5. The van der Waals surface area contributed by atoms with Crippen molar-refractivity contribution < 1.29 is 23.9 Å². The molecule has 2 saturated heterocycles. The van der Waals surface area contributed by atoms with Crippen molar-refractivity contribution in [2.75, 3.05) is 62.8 Å². The fourth-order valence-electron chi connectivity index (χ4n) is 4.25. The molecule has 2 aliphatic heterocycles. The molecule has 36 heavy (non-hydrogen) atoms. The molecule has 2 aromatic rings. The van der Waals surface area contributed by atoms with Gasteiger partial charge in [0.25, 0.3) is 5.91 Å². The predicted molar refractivity (Wildman–Crippen MR) is 137 cm³/mol. The minimum absolute atomic E-state index is 0.0847. The Morgan fingerprint density at radius 3 is 2.64 bits per heavy atom. The number of carbonyl (C=O) groups excluding carboxylic acids is 3. The Morgan fingerprint density at radius 2 is 1.89 bits per heavy atom. The Balaban J connectivity index is 1.19. The molecule has 0 radical (unpaired) electrons. The highest BCUT2D eigenvalue weighted by atomic mass is 35.5. The summed E-state index contributed by atoms with van der Waals surface area (Å²) in [5.41, 5.74) is 1.29. The van der Waals surface area contributed by atoms with E-state index >= 15 is 0 Å². The van der Waals surface area contributed by atoms with Gasteiger partial charge in [-0.1, -0.05) is 17.7 Å². The number of anilines is 2. The summed E-state index contributed by atoms with van der Waals surface area (Å²) in [6.07, 6.45) is 1.06. The molecule has 2 fully saturated rings. The van der Waals surface area contributed by atoms with E-state index in [0.29, 0.717) is 35.2 Å². The van der Waals surface area contributed by atoms with E-state index in [0.717, 1.165) is 39.3 Å². The highest BCUT2D eigenvalue weighted by Gasteiger charge is 2.35. The van der Waals surface area contributed by atoms with Gasteiger partial charge in [0.05, 0.1) is 19.1 Å². The molecule has 0 bridgehead atoms. The number of hydrogen-bond acceptors (Lipinski definition) is 6. The number of nitrogens with zero attached hydrogens (tertiary/aromatic N) is 2. The van der Waals surface area contributed by atoms with Crippen molar-refractivity contribution in [1.82, 2.24) is 10.2 Å². The maximum atomic E-state index is 12.6. The Labute approximate surface area is 215 Å². The topological polar surface area (TPSA) is 100 Å². The van der Waals surface area contributed by atoms with Crippen molar-refractivity contribution >= 4 is 40.7 Å². The predicted octanol–water partition coefficient (Wildman–Crippen LogP) is 2.55. The lowest BCUT2D eigenvalue weighted by atomic mass is 10.1. The van der Waals surface area contributed by atoms with Gasteiger partial charge in [0.1, 0.15) is 5.75 Å². The number of hydrogen-bond donors (Lipinski definition) is 2. The maximum Gasteiger partial charge on any atom is 0.262 e. The van der Waals surface area contributed by atoms with Crippen LogP contribution in [0.2, 0.25) is 5.02 Å². The third kappa shape index (κ3) is 7.43. The second-order valence-electron chi connectivity index (χ2n) is 8.85. The second kappa shape index (κ2) is 12.7. The van der Waals surface area contributed by atoms with Crippen LogP contribution in [0.5, 0.6) is 5.75 Å².